The van der Waals surface area contributed by atoms with Crippen molar-refractivity contribution in [3.05, 3.63) is 66.8 Å². The summed E-state index contributed by atoms with van der Waals surface area (Å²) in [5.41, 5.74) is 1.97. The van der Waals surface area contributed by atoms with Gasteiger partial charge >= 0.3 is 5.82 Å². The smallest absolute Gasteiger partial charge is 0.406 e. The lowest BCUT2D eigenvalue weighted by Crippen LogP contribution is -2.08. The van der Waals surface area contributed by atoms with Gasteiger partial charge in [-0.1, -0.05) is 0 Å². The number of halogens is 2. The van der Waals surface area contributed by atoms with Crippen LogP contribution in [0, 0.1) is 22.9 Å². The molecular formula is C17H13BrFN3O3S. The van der Waals surface area contributed by atoms with Crippen LogP contribution in [0.4, 0.5) is 10.2 Å². The Bertz CT molecular complexity index is 980. The van der Waals surface area contributed by atoms with Gasteiger partial charge in [-0.25, -0.2) is 9.37 Å². The van der Waals surface area contributed by atoms with Crippen molar-refractivity contribution in [3.63, 3.8) is 0 Å². The minimum Gasteiger partial charge on any atom is -0.478 e. The van der Waals surface area contributed by atoms with Crippen molar-refractivity contribution in [1.82, 2.24) is 9.97 Å². The number of nitrogens with zero attached hydrogens (tertiary/aromatic N) is 3. The molecule has 0 aliphatic carbocycles. The van der Waals surface area contributed by atoms with E-state index in [-0.39, 0.29) is 5.75 Å². The number of thiazole rings is 1. The van der Waals surface area contributed by atoms with E-state index >= 15 is 0 Å². The van der Waals surface area contributed by atoms with Crippen LogP contribution < -0.4 is 4.74 Å². The van der Waals surface area contributed by atoms with Crippen molar-refractivity contribution in [2.75, 3.05) is 0 Å². The van der Waals surface area contributed by atoms with Gasteiger partial charge in [0.25, 0.3) is 0 Å². The van der Waals surface area contributed by atoms with E-state index < -0.39 is 22.7 Å². The first-order chi connectivity index (χ1) is 12.3. The predicted molar refractivity (Wildman–Crippen MR) is 99.9 cm³/mol. The number of benzene rings is 1. The quantitative estimate of drug-likeness (QED) is 0.390. The maximum Gasteiger partial charge on any atom is 0.406 e. The van der Waals surface area contributed by atoms with E-state index in [0.717, 1.165) is 5.01 Å². The van der Waals surface area contributed by atoms with Gasteiger partial charge in [-0.2, -0.15) is 0 Å². The largest absolute Gasteiger partial charge is 0.478 e. The summed E-state index contributed by atoms with van der Waals surface area (Å²) < 4.78 is 20.2. The zero-order valence-corrected chi connectivity index (χ0v) is 16.2. The van der Waals surface area contributed by atoms with Gasteiger partial charge in [-0.05, 0) is 57.9 Å². The van der Waals surface area contributed by atoms with Gasteiger partial charge in [0, 0.05) is 22.6 Å². The second-order valence-electron chi connectivity index (χ2n) is 5.48. The standard InChI is InChI=1S/C17H13BrFN3O3S/c1-9(25-16-5-11(18)7-20-17(16)22(23)24)14-6-12(19)3-4-13(14)15-8-26-10(2)21-15/h3-9H,1-2H3. The Morgan fingerprint density at radius 1 is 1.38 bits per heavy atom. The molecule has 0 amide bonds. The molecule has 0 spiro atoms. The molecule has 0 fully saturated rings. The minimum absolute atomic E-state index is 0.00143. The lowest BCUT2D eigenvalue weighted by Gasteiger charge is -2.18. The molecule has 1 unspecified atom stereocenters. The van der Waals surface area contributed by atoms with E-state index in [0.29, 0.717) is 21.3 Å². The van der Waals surface area contributed by atoms with E-state index in [4.69, 9.17) is 4.74 Å². The molecular weight excluding hydrogens is 425 g/mol. The minimum atomic E-state index is -0.655. The molecule has 134 valence electrons. The van der Waals surface area contributed by atoms with Crippen LogP contribution in [0.2, 0.25) is 0 Å². The number of aromatic nitrogens is 2. The van der Waals surface area contributed by atoms with Crippen LogP contribution in [-0.4, -0.2) is 14.9 Å². The molecule has 0 radical (unpaired) electrons. The first-order valence-corrected chi connectivity index (χ1v) is 9.21. The molecule has 0 saturated heterocycles. The van der Waals surface area contributed by atoms with Crippen molar-refractivity contribution in [3.8, 4) is 17.0 Å². The monoisotopic (exact) mass is 437 g/mol. The van der Waals surface area contributed by atoms with Crippen LogP contribution in [0.25, 0.3) is 11.3 Å². The topological polar surface area (TPSA) is 78.2 Å². The zero-order chi connectivity index (χ0) is 18.8. The second-order valence-corrected chi connectivity index (χ2v) is 7.45. The molecule has 3 rings (SSSR count). The summed E-state index contributed by atoms with van der Waals surface area (Å²) in [5.74, 6) is -0.822. The average Bonchev–Trinajstić information content (AvgIpc) is 3.00. The third-order valence-electron chi connectivity index (χ3n) is 3.62. The van der Waals surface area contributed by atoms with Gasteiger partial charge in [-0.3, -0.25) is 0 Å². The van der Waals surface area contributed by atoms with Crippen LogP contribution in [0.3, 0.4) is 0 Å². The van der Waals surface area contributed by atoms with Gasteiger partial charge in [0.15, 0.2) is 6.20 Å². The van der Waals surface area contributed by atoms with Crippen molar-refractivity contribution in [2.24, 2.45) is 0 Å². The fraction of sp³-hybridized carbons (Fsp3) is 0.176. The molecule has 0 bridgehead atoms. The summed E-state index contributed by atoms with van der Waals surface area (Å²) in [4.78, 5) is 18.8. The molecule has 1 aromatic carbocycles. The molecule has 0 aliphatic heterocycles. The van der Waals surface area contributed by atoms with Crippen LogP contribution in [0.5, 0.6) is 5.75 Å². The summed E-state index contributed by atoms with van der Waals surface area (Å²) in [6.07, 6.45) is 0.666. The van der Waals surface area contributed by atoms with Crippen LogP contribution in [-0.2, 0) is 0 Å². The Morgan fingerprint density at radius 3 is 2.81 bits per heavy atom. The predicted octanol–water partition coefficient (Wildman–Crippen LogP) is 5.46. The van der Waals surface area contributed by atoms with Gasteiger partial charge in [0.2, 0.25) is 5.75 Å². The number of hydrogen-bond donors (Lipinski definition) is 0. The van der Waals surface area contributed by atoms with Crippen LogP contribution in [0.1, 0.15) is 23.6 Å². The van der Waals surface area contributed by atoms with E-state index in [9.17, 15) is 14.5 Å². The SMILES string of the molecule is Cc1nc(-c2ccc(F)cc2C(C)Oc2cc(Br)cnc2[N+](=O)[O-])cs1. The van der Waals surface area contributed by atoms with Crippen molar-refractivity contribution in [2.45, 2.75) is 20.0 Å². The normalized spacial score (nSPS) is 12.0. The maximum absolute atomic E-state index is 13.8. The third kappa shape index (κ3) is 3.88. The Kier molecular flexibility index (Phi) is 5.28. The molecule has 9 heteroatoms. The van der Waals surface area contributed by atoms with Gasteiger partial charge in [-0.15, -0.1) is 11.3 Å². The molecule has 26 heavy (non-hydrogen) atoms. The maximum atomic E-state index is 13.8. The highest BCUT2D eigenvalue weighted by Crippen LogP contribution is 2.35. The molecule has 1 atom stereocenters. The van der Waals surface area contributed by atoms with Gasteiger partial charge in [0.05, 0.1) is 15.2 Å². The lowest BCUT2D eigenvalue weighted by molar-refractivity contribution is -0.390. The molecule has 0 aliphatic rings. The number of rotatable bonds is 5. The van der Waals surface area contributed by atoms with Crippen molar-refractivity contribution >= 4 is 33.1 Å². The van der Waals surface area contributed by atoms with Crippen molar-refractivity contribution < 1.29 is 14.1 Å². The first-order valence-electron chi connectivity index (χ1n) is 7.53. The van der Waals surface area contributed by atoms with E-state index in [2.05, 4.69) is 25.9 Å². The van der Waals surface area contributed by atoms with E-state index in [1.165, 1.54) is 35.7 Å². The van der Waals surface area contributed by atoms with E-state index in [1.54, 1.807) is 13.0 Å². The summed E-state index contributed by atoms with van der Waals surface area (Å²) in [6.45, 7) is 3.58. The molecule has 0 N–H and O–H groups in total. The Hall–Kier alpha value is -2.39. The highest BCUT2D eigenvalue weighted by atomic mass is 79.9. The summed E-state index contributed by atoms with van der Waals surface area (Å²) in [7, 11) is 0. The third-order valence-corrected chi connectivity index (χ3v) is 4.83. The Morgan fingerprint density at radius 2 is 2.15 bits per heavy atom. The summed E-state index contributed by atoms with van der Waals surface area (Å²) in [5, 5.41) is 13.9. The molecule has 3 aromatic rings. The molecule has 2 aromatic heterocycles. The Balaban J connectivity index is 2.01. The molecule has 6 nitrogen and oxygen atoms in total. The molecule has 0 saturated carbocycles. The highest BCUT2D eigenvalue weighted by molar-refractivity contribution is 9.10. The van der Waals surface area contributed by atoms with Gasteiger partial charge < -0.3 is 14.9 Å². The number of nitro groups is 1. The zero-order valence-electron chi connectivity index (χ0n) is 13.8. The van der Waals surface area contributed by atoms with Gasteiger partial charge in [0.1, 0.15) is 11.9 Å². The molecule has 2 heterocycles. The average molecular weight is 438 g/mol. The van der Waals surface area contributed by atoms with E-state index in [1.807, 2.05) is 12.3 Å². The number of ether oxygens (including phenoxy) is 1. The highest BCUT2D eigenvalue weighted by Gasteiger charge is 2.22. The van der Waals surface area contributed by atoms with Crippen molar-refractivity contribution in [1.29, 1.82) is 0 Å². The van der Waals surface area contributed by atoms with Crippen LogP contribution >= 0.6 is 27.3 Å². The first kappa shape index (κ1) is 18.4. The summed E-state index contributed by atoms with van der Waals surface area (Å²) in [6, 6.07) is 5.80. The lowest BCUT2D eigenvalue weighted by atomic mass is 10.0. The number of aryl methyl sites for hydroxylation is 1. The van der Waals surface area contributed by atoms with Crippen LogP contribution in [0.15, 0.2) is 40.3 Å². The summed E-state index contributed by atoms with van der Waals surface area (Å²) >= 11 is 4.71. The second kappa shape index (κ2) is 7.46. The number of pyridine rings is 1. The fourth-order valence-electron chi connectivity index (χ4n) is 2.48. The number of hydrogen-bond acceptors (Lipinski definition) is 6. The fourth-order valence-corrected chi connectivity index (χ4v) is 3.40. The Labute approximate surface area is 161 Å².